The summed E-state index contributed by atoms with van der Waals surface area (Å²) >= 11 is 0. The minimum atomic E-state index is -3.86. The predicted molar refractivity (Wildman–Crippen MR) is 61.3 cm³/mol. The van der Waals surface area contributed by atoms with Crippen LogP contribution in [0.4, 0.5) is 5.69 Å². The van der Waals surface area contributed by atoms with Crippen LogP contribution in [0.2, 0.25) is 0 Å². The monoisotopic (exact) mass is 242 g/mol. The van der Waals surface area contributed by atoms with Crippen LogP contribution >= 0.6 is 0 Å². The van der Waals surface area contributed by atoms with Gasteiger partial charge in [0.2, 0.25) is 0 Å². The Morgan fingerprint density at radius 1 is 1.50 bits per heavy atom. The quantitative estimate of drug-likeness (QED) is 0.832. The van der Waals surface area contributed by atoms with E-state index in [4.69, 9.17) is 5.14 Å². The lowest BCUT2D eigenvalue weighted by atomic mass is 10.1. The van der Waals surface area contributed by atoms with Crippen molar-refractivity contribution in [1.82, 2.24) is 0 Å². The van der Waals surface area contributed by atoms with Gasteiger partial charge in [-0.05, 0) is 23.6 Å². The molecule has 0 aromatic heterocycles. The van der Waals surface area contributed by atoms with E-state index < -0.39 is 10.3 Å². The number of benzene rings is 1. The molecule has 0 spiro atoms. The molecular formula is C10H14N2O3S. The van der Waals surface area contributed by atoms with E-state index in [1.807, 2.05) is 25.2 Å². The topological polar surface area (TPSA) is 72.6 Å². The number of fused-ring (bicyclic) bond motifs is 1. The van der Waals surface area contributed by atoms with Crippen LogP contribution in [0.15, 0.2) is 18.2 Å². The molecule has 1 aliphatic rings. The molecule has 5 nitrogen and oxygen atoms in total. The number of hydrogen-bond donors (Lipinski definition) is 1. The molecule has 0 saturated heterocycles. The molecular weight excluding hydrogens is 228 g/mol. The fraction of sp³-hybridized carbons (Fsp3) is 0.400. The maximum absolute atomic E-state index is 10.6. The summed E-state index contributed by atoms with van der Waals surface area (Å²) in [4.78, 5) is 2.17. The van der Waals surface area contributed by atoms with Crippen LogP contribution in [0.1, 0.15) is 11.1 Å². The van der Waals surface area contributed by atoms with Gasteiger partial charge in [-0.15, -0.1) is 0 Å². The number of anilines is 1. The summed E-state index contributed by atoms with van der Waals surface area (Å²) in [6.45, 7) is 0.991. The molecule has 0 atom stereocenters. The average Bonchev–Trinajstić information content (AvgIpc) is 2.56. The first kappa shape index (κ1) is 11.4. The lowest BCUT2D eigenvalue weighted by Gasteiger charge is -2.11. The first-order valence-corrected chi connectivity index (χ1v) is 6.43. The van der Waals surface area contributed by atoms with Crippen molar-refractivity contribution in [3.63, 3.8) is 0 Å². The highest BCUT2D eigenvalue weighted by atomic mass is 32.2. The zero-order valence-electron chi connectivity index (χ0n) is 9.01. The van der Waals surface area contributed by atoms with Gasteiger partial charge < -0.3 is 4.90 Å². The Kier molecular flexibility index (Phi) is 2.88. The van der Waals surface area contributed by atoms with Gasteiger partial charge in [-0.2, -0.15) is 8.42 Å². The summed E-state index contributed by atoms with van der Waals surface area (Å²) < 4.78 is 25.8. The summed E-state index contributed by atoms with van der Waals surface area (Å²) in [5, 5.41) is 4.76. The average molecular weight is 242 g/mol. The van der Waals surface area contributed by atoms with Crippen LogP contribution in [0, 0.1) is 0 Å². The molecule has 0 aliphatic carbocycles. The smallest absolute Gasteiger partial charge is 0.333 e. The molecule has 0 unspecified atom stereocenters. The van der Waals surface area contributed by atoms with Crippen molar-refractivity contribution in [2.45, 2.75) is 13.0 Å². The first-order valence-electron chi connectivity index (χ1n) is 4.96. The third-order valence-electron chi connectivity index (χ3n) is 2.66. The zero-order valence-corrected chi connectivity index (χ0v) is 9.83. The van der Waals surface area contributed by atoms with E-state index in [2.05, 4.69) is 9.08 Å². The second kappa shape index (κ2) is 4.04. The second-order valence-electron chi connectivity index (χ2n) is 3.89. The van der Waals surface area contributed by atoms with Crippen molar-refractivity contribution < 1.29 is 12.6 Å². The Balaban J connectivity index is 2.14. The summed E-state index contributed by atoms with van der Waals surface area (Å²) in [5.74, 6) is 0. The van der Waals surface area contributed by atoms with E-state index in [1.165, 1.54) is 11.3 Å². The van der Waals surface area contributed by atoms with Gasteiger partial charge in [0.05, 0.1) is 6.61 Å². The minimum Gasteiger partial charge on any atom is -0.374 e. The van der Waals surface area contributed by atoms with Gasteiger partial charge in [0.15, 0.2) is 0 Å². The van der Waals surface area contributed by atoms with E-state index in [0.717, 1.165) is 18.5 Å². The molecule has 0 saturated carbocycles. The Bertz CT molecular complexity index is 499. The molecule has 1 aliphatic heterocycles. The van der Waals surface area contributed by atoms with Gasteiger partial charge in [-0.1, -0.05) is 12.1 Å². The molecule has 1 aromatic carbocycles. The molecule has 0 amide bonds. The Morgan fingerprint density at radius 2 is 2.25 bits per heavy atom. The fourth-order valence-electron chi connectivity index (χ4n) is 1.86. The normalized spacial score (nSPS) is 15.2. The van der Waals surface area contributed by atoms with E-state index in [0.29, 0.717) is 0 Å². The van der Waals surface area contributed by atoms with Gasteiger partial charge in [0.25, 0.3) is 0 Å². The van der Waals surface area contributed by atoms with E-state index in [9.17, 15) is 8.42 Å². The van der Waals surface area contributed by atoms with Gasteiger partial charge in [0, 0.05) is 19.3 Å². The lowest BCUT2D eigenvalue weighted by Crippen LogP contribution is -2.15. The number of nitrogens with zero attached hydrogens (tertiary/aromatic N) is 1. The van der Waals surface area contributed by atoms with E-state index in [-0.39, 0.29) is 6.61 Å². The summed E-state index contributed by atoms with van der Waals surface area (Å²) in [6.07, 6.45) is 0.981. The maximum atomic E-state index is 10.6. The molecule has 2 rings (SSSR count). The van der Waals surface area contributed by atoms with Gasteiger partial charge in [-0.25, -0.2) is 5.14 Å². The molecule has 0 fully saturated rings. The van der Waals surface area contributed by atoms with Crippen molar-refractivity contribution in [1.29, 1.82) is 0 Å². The first-order chi connectivity index (χ1) is 7.46. The van der Waals surface area contributed by atoms with Crippen LogP contribution in [0.25, 0.3) is 0 Å². The Labute approximate surface area is 95.1 Å². The van der Waals surface area contributed by atoms with Gasteiger partial charge in [0.1, 0.15) is 0 Å². The lowest BCUT2D eigenvalue weighted by molar-refractivity contribution is 0.308. The number of hydrogen-bond acceptors (Lipinski definition) is 4. The molecule has 0 bridgehead atoms. The van der Waals surface area contributed by atoms with Crippen molar-refractivity contribution in [3.05, 3.63) is 29.3 Å². The maximum Gasteiger partial charge on any atom is 0.333 e. The van der Waals surface area contributed by atoms with Crippen molar-refractivity contribution in [3.8, 4) is 0 Å². The number of rotatable bonds is 3. The molecule has 6 heteroatoms. The minimum absolute atomic E-state index is 0.00414. The predicted octanol–water partition coefficient (Wildman–Crippen LogP) is 0.399. The van der Waals surface area contributed by atoms with E-state index >= 15 is 0 Å². The standard InChI is InChI=1S/C10H14N2O3S/c1-12-5-4-9-6-8(2-3-10(9)12)7-15-16(11,13)14/h2-3,6H,4-5,7H2,1H3,(H2,11,13,14). The van der Waals surface area contributed by atoms with Crippen LogP contribution in [-0.2, 0) is 27.5 Å². The third-order valence-corrected chi connectivity index (χ3v) is 3.11. The largest absolute Gasteiger partial charge is 0.374 e. The Hall–Kier alpha value is -1.11. The molecule has 2 N–H and O–H groups in total. The third kappa shape index (κ3) is 2.52. The molecule has 1 heterocycles. The van der Waals surface area contributed by atoms with Gasteiger partial charge >= 0.3 is 10.3 Å². The fourth-order valence-corrected chi connectivity index (χ4v) is 2.16. The molecule has 0 radical (unpaired) electrons. The van der Waals surface area contributed by atoms with Crippen LogP contribution < -0.4 is 10.0 Å². The van der Waals surface area contributed by atoms with Gasteiger partial charge in [-0.3, -0.25) is 4.18 Å². The van der Waals surface area contributed by atoms with E-state index in [1.54, 1.807) is 0 Å². The SMILES string of the molecule is CN1CCc2cc(COS(N)(=O)=O)ccc21. The number of likely N-dealkylation sites (N-methyl/N-ethyl adjacent to an activating group) is 1. The highest BCUT2D eigenvalue weighted by molar-refractivity contribution is 7.84. The summed E-state index contributed by atoms with van der Waals surface area (Å²) in [6, 6.07) is 5.79. The van der Waals surface area contributed by atoms with Crippen LogP contribution in [0.3, 0.4) is 0 Å². The number of nitrogens with two attached hydrogens (primary N) is 1. The summed E-state index contributed by atoms with van der Waals surface area (Å²) in [7, 11) is -1.82. The molecule has 1 aromatic rings. The summed E-state index contributed by atoms with van der Waals surface area (Å²) in [5.41, 5.74) is 3.24. The highest BCUT2D eigenvalue weighted by Gasteiger charge is 2.15. The van der Waals surface area contributed by atoms with Crippen molar-refractivity contribution in [2.24, 2.45) is 5.14 Å². The van der Waals surface area contributed by atoms with Crippen LogP contribution in [-0.4, -0.2) is 22.0 Å². The molecule has 88 valence electrons. The van der Waals surface area contributed by atoms with Crippen LogP contribution in [0.5, 0.6) is 0 Å². The Morgan fingerprint density at radius 3 is 2.94 bits per heavy atom. The second-order valence-corrected chi connectivity index (χ2v) is 5.11. The molecule has 16 heavy (non-hydrogen) atoms. The van der Waals surface area contributed by atoms with Crippen molar-refractivity contribution >= 4 is 16.0 Å². The highest BCUT2D eigenvalue weighted by Crippen LogP contribution is 2.27. The van der Waals surface area contributed by atoms with Crippen molar-refractivity contribution in [2.75, 3.05) is 18.5 Å². The zero-order chi connectivity index (χ0) is 11.8.